The Kier molecular flexibility index (Phi) is 14.4. The number of hydrogen-bond donors (Lipinski definition) is 4. The first-order valence-corrected chi connectivity index (χ1v) is 30.7. The molecule has 2 aliphatic carbocycles. The van der Waals surface area contributed by atoms with Crippen molar-refractivity contribution < 1.29 is 41.9 Å². The molecule has 2 saturated carbocycles. The minimum atomic E-state index is -4.65. The molecule has 4 N–H and O–H groups in total. The van der Waals surface area contributed by atoms with Gasteiger partial charge in [-0.25, -0.2) is 18.1 Å². The summed E-state index contributed by atoms with van der Waals surface area (Å²) in [5.41, 5.74) is 6.47. The van der Waals surface area contributed by atoms with Crippen molar-refractivity contribution in [3.63, 3.8) is 0 Å². The fourth-order valence-corrected chi connectivity index (χ4v) is 15.2. The number of fused-ring (bicyclic) bond motifs is 4. The molecule has 5 fully saturated rings. The van der Waals surface area contributed by atoms with Gasteiger partial charge in [0.15, 0.2) is 5.58 Å². The van der Waals surface area contributed by atoms with Crippen LogP contribution in [0.2, 0.25) is 0 Å². The van der Waals surface area contributed by atoms with Crippen LogP contribution < -0.4 is 29.3 Å². The number of aromatic amines is 1. The number of hydrogen-bond acceptors (Lipinski definition) is 17. The Labute approximate surface area is 482 Å². The van der Waals surface area contributed by atoms with Crippen LogP contribution in [-0.2, 0) is 21.3 Å². The smallest absolute Gasteiger partial charge is 0.293 e. The molecule has 0 bridgehead atoms. The molecule has 8 heterocycles. The van der Waals surface area contributed by atoms with Gasteiger partial charge in [-0.1, -0.05) is 24.3 Å². The van der Waals surface area contributed by atoms with Crippen LogP contribution in [0.3, 0.4) is 0 Å². The van der Waals surface area contributed by atoms with Crippen molar-refractivity contribution in [1.82, 2.24) is 29.5 Å². The van der Waals surface area contributed by atoms with Gasteiger partial charge in [-0.3, -0.25) is 24.7 Å². The highest BCUT2D eigenvalue weighted by molar-refractivity contribution is 7.90. The molecule has 0 unspecified atom stereocenters. The minimum absolute atomic E-state index is 0.105. The van der Waals surface area contributed by atoms with E-state index in [4.69, 9.17) is 23.6 Å². The molecule has 83 heavy (non-hydrogen) atoms. The molecule has 7 aromatic rings. The number of aliphatic hydroxyl groups is 1. The van der Waals surface area contributed by atoms with Crippen LogP contribution in [0.4, 0.5) is 28.4 Å². The van der Waals surface area contributed by atoms with Crippen molar-refractivity contribution in [2.75, 3.05) is 74.7 Å². The van der Waals surface area contributed by atoms with Crippen LogP contribution >= 0.6 is 0 Å². The van der Waals surface area contributed by atoms with Crippen molar-refractivity contribution in [3.05, 3.63) is 129 Å². The van der Waals surface area contributed by atoms with Crippen molar-refractivity contribution in [3.8, 4) is 11.8 Å². The number of methoxy groups -OCH3 is 1. The number of pyridine rings is 2. The van der Waals surface area contributed by atoms with Crippen LogP contribution in [0, 0.1) is 35.3 Å². The molecule has 1 amide bonds. The maximum atomic E-state index is 14.8. The van der Waals surface area contributed by atoms with E-state index < -0.39 is 43.1 Å². The van der Waals surface area contributed by atoms with Gasteiger partial charge in [0.25, 0.3) is 27.5 Å². The molecular weight excluding hydrogens is 1080 g/mol. The Bertz CT molecular complexity index is 3730. The SMILES string of the molecule is COc1ncc(CN2CCN(C3CC4(CCN(c5ccc(C(=O)NS(=O)(=O)c6ccc(NC[C@H]7CC[C@](C)(O)CC7)c([N+](=O)[O-])c6)c(N6c7cc8cc[nH]c8nc7O[C@H]7COCC[C@@H]76)c5)CC4)C3)[C@H](c3ccccc3C)C2)c2cc(C)oc12. The number of piperazine rings is 1. The number of piperidine rings is 1. The molecule has 20 nitrogen and oxygen atoms in total. The summed E-state index contributed by atoms with van der Waals surface area (Å²) in [4.78, 5) is 48.7. The van der Waals surface area contributed by atoms with Crippen molar-refractivity contribution in [2.45, 2.75) is 120 Å². The van der Waals surface area contributed by atoms with E-state index in [0.29, 0.717) is 79.4 Å². The first kappa shape index (κ1) is 54.9. The van der Waals surface area contributed by atoms with Crippen molar-refractivity contribution in [1.29, 1.82) is 0 Å². The van der Waals surface area contributed by atoms with Crippen LogP contribution in [-0.4, -0.2) is 132 Å². The molecule has 3 aromatic carbocycles. The molecule has 4 aliphatic heterocycles. The first-order chi connectivity index (χ1) is 40.0. The maximum Gasteiger partial charge on any atom is 0.293 e. The van der Waals surface area contributed by atoms with Gasteiger partial charge in [0.05, 0.1) is 46.4 Å². The largest absolute Gasteiger partial charge is 0.478 e. The highest BCUT2D eigenvalue weighted by Crippen LogP contribution is 2.54. The van der Waals surface area contributed by atoms with E-state index in [1.807, 2.05) is 50.5 Å². The lowest BCUT2D eigenvalue weighted by molar-refractivity contribution is -0.384. The molecule has 4 aromatic heterocycles. The van der Waals surface area contributed by atoms with Crippen LogP contribution in [0.25, 0.3) is 22.0 Å². The zero-order valence-corrected chi connectivity index (χ0v) is 48.3. The number of H-pyrrole nitrogens is 1. The van der Waals surface area contributed by atoms with Gasteiger partial charge in [-0.05, 0) is 155 Å². The number of carbonyl (C=O) groups excluding carboxylic acids is 1. The number of rotatable bonds is 14. The average molecular weight is 1150 g/mol. The number of ether oxygens (including phenoxy) is 3. The molecule has 1 spiro atoms. The van der Waals surface area contributed by atoms with Gasteiger partial charge in [-0.2, -0.15) is 4.98 Å². The van der Waals surface area contributed by atoms with Gasteiger partial charge in [0.1, 0.15) is 28.9 Å². The fourth-order valence-electron chi connectivity index (χ4n) is 14.2. The Morgan fingerprint density at radius 2 is 1.77 bits per heavy atom. The summed E-state index contributed by atoms with van der Waals surface area (Å²) in [6.45, 7) is 12.3. The standard InChI is InChI=1S/C62H72N10O10S/c1-38-7-5-6-8-46(38)54-36-68(35-42-34-65-60(79-4)56-48(42)27-39(2)81-56)24-25-70(54)44-31-62(32-44)19-22-69(23-20-62)43-9-11-47(51(29-43)71-50-16-26-80-37-55(50)82-59-53(71)28-41-15-21-63-57(41)66-59)58(73)67-83(77,78)45-10-12-49(52(30-45)72(75)76)64-33-40-13-17-61(3,74)18-14-40/h5-12,15,21,27-30,34,40,44,50,54-55,64,74H,13-14,16-20,22-26,31-33,35-37H2,1-4H3,(H,63,66)(H,67,73)/t40-,50-,54-,55-,61-/m0/s1. The van der Waals surface area contributed by atoms with Crippen molar-refractivity contribution >= 4 is 66.4 Å². The second-order valence-corrected chi connectivity index (χ2v) is 26.0. The Hall–Kier alpha value is -7.30. The molecule has 436 valence electrons. The molecule has 21 heteroatoms. The lowest BCUT2D eigenvalue weighted by Crippen LogP contribution is -2.59. The Balaban J connectivity index is 0.750. The Morgan fingerprint density at radius 1 is 0.964 bits per heavy atom. The van der Waals surface area contributed by atoms with Crippen LogP contribution in [0.1, 0.15) is 104 Å². The van der Waals surface area contributed by atoms with Crippen LogP contribution in [0.5, 0.6) is 11.8 Å². The van der Waals surface area contributed by atoms with Gasteiger partial charge in [-0.15, -0.1) is 0 Å². The number of amides is 1. The first-order valence-electron chi connectivity index (χ1n) is 29.2. The summed E-state index contributed by atoms with van der Waals surface area (Å²) in [5, 5.41) is 27.9. The third kappa shape index (κ3) is 10.6. The van der Waals surface area contributed by atoms with E-state index >= 15 is 0 Å². The summed E-state index contributed by atoms with van der Waals surface area (Å²) in [6.07, 6.45) is 10.9. The number of nitro benzene ring substituents is 1. The normalized spacial score (nSPS) is 24.0. The Morgan fingerprint density at radius 3 is 2.55 bits per heavy atom. The molecule has 6 aliphatic rings. The summed E-state index contributed by atoms with van der Waals surface area (Å²) < 4.78 is 55.0. The average Bonchev–Trinajstić information content (AvgIpc) is 2.88. The molecule has 3 atom stereocenters. The van der Waals surface area contributed by atoms with Crippen LogP contribution in [0.15, 0.2) is 101 Å². The van der Waals surface area contributed by atoms with Crippen molar-refractivity contribution in [2.24, 2.45) is 11.3 Å². The van der Waals surface area contributed by atoms with E-state index in [2.05, 4.69) is 76.9 Å². The van der Waals surface area contributed by atoms with E-state index in [1.54, 1.807) is 13.2 Å². The highest BCUT2D eigenvalue weighted by Gasteiger charge is 2.50. The monoisotopic (exact) mass is 1150 g/mol. The number of nitrogens with zero attached hydrogens (tertiary/aromatic N) is 7. The predicted octanol–water partition coefficient (Wildman–Crippen LogP) is 9.71. The number of anilines is 4. The predicted molar refractivity (Wildman–Crippen MR) is 315 cm³/mol. The maximum absolute atomic E-state index is 14.8. The fraction of sp³-hybridized carbons (Fsp3) is 0.468. The number of benzene rings is 3. The molecule has 3 saturated heterocycles. The number of aryl methyl sites for hydroxylation is 2. The summed E-state index contributed by atoms with van der Waals surface area (Å²) in [5.74, 6) is 0.991. The summed E-state index contributed by atoms with van der Waals surface area (Å²) in [6, 6.07) is 24.4. The minimum Gasteiger partial charge on any atom is -0.478 e. The second-order valence-electron chi connectivity index (χ2n) is 24.4. The van der Waals surface area contributed by atoms with E-state index in [-0.39, 0.29) is 34.7 Å². The number of furan rings is 1. The zero-order chi connectivity index (χ0) is 57.4. The summed E-state index contributed by atoms with van der Waals surface area (Å²) >= 11 is 0. The van der Waals surface area contributed by atoms with E-state index in [0.717, 1.165) is 112 Å². The second kappa shape index (κ2) is 21.7. The molecule has 0 radical (unpaired) electrons. The molecular formula is C62H72N10O10S. The number of nitrogens with one attached hydrogen (secondary N) is 3. The molecule has 13 rings (SSSR count). The number of aromatic nitrogens is 3. The number of carbonyl (C=O) groups is 1. The third-order valence-corrected chi connectivity index (χ3v) is 20.3. The van der Waals surface area contributed by atoms with Gasteiger partial charge in [0.2, 0.25) is 5.88 Å². The van der Waals surface area contributed by atoms with Gasteiger partial charge < -0.3 is 43.8 Å². The topological polar surface area (TPSA) is 234 Å². The zero-order valence-electron chi connectivity index (χ0n) is 47.4. The van der Waals surface area contributed by atoms with E-state index in [9.17, 15) is 28.4 Å². The number of sulfonamides is 1. The summed E-state index contributed by atoms with van der Waals surface area (Å²) in [7, 11) is -3.02. The highest BCUT2D eigenvalue weighted by atomic mass is 32.2. The quantitative estimate of drug-likeness (QED) is 0.0586. The third-order valence-electron chi connectivity index (χ3n) is 18.9. The van der Waals surface area contributed by atoms with E-state index in [1.165, 1.54) is 23.3 Å². The van der Waals surface area contributed by atoms with Gasteiger partial charge >= 0.3 is 0 Å². The number of nitro groups is 1. The van der Waals surface area contributed by atoms with Gasteiger partial charge in [0, 0.05) is 99.4 Å². The lowest BCUT2D eigenvalue weighted by atomic mass is 9.59. The lowest BCUT2D eigenvalue weighted by Gasteiger charge is -2.58.